The molecule has 1 unspecified atom stereocenters. The largest absolute Gasteiger partial charge is 0.481 e. The summed E-state index contributed by atoms with van der Waals surface area (Å²) in [4.78, 5) is 14.1. The Morgan fingerprint density at radius 2 is 1.81 bits per heavy atom. The third kappa shape index (κ3) is 4.13. The smallest absolute Gasteiger partial charge is 0.263 e. The van der Waals surface area contributed by atoms with Crippen LogP contribution in [0.3, 0.4) is 0 Å². The summed E-state index contributed by atoms with van der Waals surface area (Å²) in [6, 6.07) is 3.88. The average Bonchev–Trinajstić information content (AvgIpc) is 2.43. The molecule has 0 heterocycles. The summed E-state index contributed by atoms with van der Waals surface area (Å²) in [5, 5.41) is 0. The van der Waals surface area contributed by atoms with Crippen LogP contribution >= 0.6 is 0 Å². The molecule has 2 N–H and O–H groups in total. The fourth-order valence-corrected chi connectivity index (χ4v) is 2.30. The van der Waals surface area contributed by atoms with Gasteiger partial charge in [0.1, 0.15) is 5.75 Å². The number of nitrogens with two attached hydrogens (primary N) is 1. The molecule has 4 heteroatoms. The summed E-state index contributed by atoms with van der Waals surface area (Å²) in [6.45, 7) is 13.3. The minimum atomic E-state index is -0.495. The number of carbonyl (C=O) groups is 1. The summed E-state index contributed by atoms with van der Waals surface area (Å²) < 4.78 is 5.94. The molecule has 21 heavy (non-hydrogen) atoms. The van der Waals surface area contributed by atoms with E-state index in [0.29, 0.717) is 19.0 Å². The molecule has 0 fully saturated rings. The van der Waals surface area contributed by atoms with Gasteiger partial charge in [-0.1, -0.05) is 13.8 Å². The number of hydrogen-bond donors (Lipinski definition) is 1. The first-order chi connectivity index (χ1) is 9.81. The van der Waals surface area contributed by atoms with E-state index in [9.17, 15) is 4.79 Å². The zero-order valence-electron chi connectivity index (χ0n) is 14.1. The number of likely N-dealkylation sites (N-methyl/N-ethyl adjacent to an activating group) is 1. The number of aryl methyl sites for hydroxylation is 1. The van der Waals surface area contributed by atoms with Crippen molar-refractivity contribution >= 4 is 11.6 Å². The van der Waals surface area contributed by atoms with Crippen LogP contribution < -0.4 is 10.5 Å². The average molecular weight is 292 g/mol. The number of carbonyl (C=O) groups excluding carboxylic acids is 1. The van der Waals surface area contributed by atoms with Crippen LogP contribution in [0.4, 0.5) is 5.69 Å². The number of anilines is 1. The lowest BCUT2D eigenvalue weighted by molar-refractivity contribution is -0.137. The summed E-state index contributed by atoms with van der Waals surface area (Å²) in [5.74, 6) is 1.06. The van der Waals surface area contributed by atoms with Crippen LogP contribution in [-0.2, 0) is 4.79 Å². The molecule has 0 saturated heterocycles. The lowest BCUT2D eigenvalue weighted by Crippen LogP contribution is -2.40. The summed E-state index contributed by atoms with van der Waals surface area (Å²) in [7, 11) is 0. The van der Waals surface area contributed by atoms with Gasteiger partial charge in [0.05, 0.1) is 0 Å². The van der Waals surface area contributed by atoms with Crippen molar-refractivity contribution in [3.63, 3.8) is 0 Å². The van der Waals surface area contributed by atoms with Crippen molar-refractivity contribution in [3.8, 4) is 5.75 Å². The lowest BCUT2D eigenvalue weighted by atomic mass is 9.99. The highest BCUT2D eigenvalue weighted by atomic mass is 16.5. The van der Waals surface area contributed by atoms with E-state index in [2.05, 4.69) is 13.8 Å². The molecule has 1 atom stereocenters. The Morgan fingerprint density at radius 1 is 1.24 bits per heavy atom. The fourth-order valence-electron chi connectivity index (χ4n) is 2.30. The maximum Gasteiger partial charge on any atom is 0.263 e. The molecule has 0 aromatic heterocycles. The summed E-state index contributed by atoms with van der Waals surface area (Å²) in [5.41, 5.74) is 8.75. The van der Waals surface area contributed by atoms with E-state index in [1.165, 1.54) is 0 Å². The van der Waals surface area contributed by atoms with Crippen LogP contribution in [-0.4, -0.2) is 30.0 Å². The third-order valence-corrected chi connectivity index (χ3v) is 3.75. The Hall–Kier alpha value is -1.71. The molecule has 1 amide bonds. The molecule has 0 aliphatic carbocycles. The second-order valence-corrected chi connectivity index (χ2v) is 5.67. The van der Waals surface area contributed by atoms with Gasteiger partial charge in [-0.25, -0.2) is 0 Å². The van der Waals surface area contributed by atoms with Gasteiger partial charge in [-0.05, 0) is 56.9 Å². The highest BCUT2D eigenvalue weighted by Crippen LogP contribution is 2.31. The van der Waals surface area contributed by atoms with Crippen LogP contribution in [0.2, 0.25) is 0 Å². The quantitative estimate of drug-likeness (QED) is 0.818. The van der Waals surface area contributed by atoms with E-state index in [1.807, 2.05) is 32.9 Å². The zero-order chi connectivity index (χ0) is 16.2. The van der Waals surface area contributed by atoms with Gasteiger partial charge in [-0.3, -0.25) is 4.79 Å². The molecule has 4 nitrogen and oxygen atoms in total. The van der Waals surface area contributed by atoms with Gasteiger partial charge in [-0.15, -0.1) is 0 Å². The van der Waals surface area contributed by atoms with Gasteiger partial charge >= 0.3 is 0 Å². The number of rotatable bonds is 6. The van der Waals surface area contributed by atoms with Crippen molar-refractivity contribution in [3.05, 3.63) is 23.3 Å². The molecule has 0 radical (unpaired) electrons. The summed E-state index contributed by atoms with van der Waals surface area (Å²) in [6.07, 6.45) is -0.495. The van der Waals surface area contributed by atoms with E-state index < -0.39 is 6.10 Å². The first kappa shape index (κ1) is 17.3. The lowest BCUT2D eigenvalue weighted by Gasteiger charge is -2.25. The van der Waals surface area contributed by atoms with Gasteiger partial charge in [0.25, 0.3) is 5.91 Å². The van der Waals surface area contributed by atoms with Gasteiger partial charge in [0.2, 0.25) is 0 Å². The van der Waals surface area contributed by atoms with E-state index in [1.54, 1.807) is 11.8 Å². The molecular formula is C17H28N2O2. The molecule has 0 bridgehead atoms. The highest BCUT2D eigenvalue weighted by Gasteiger charge is 2.21. The van der Waals surface area contributed by atoms with Gasteiger partial charge in [0, 0.05) is 18.8 Å². The van der Waals surface area contributed by atoms with Crippen molar-refractivity contribution in [2.24, 2.45) is 0 Å². The third-order valence-electron chi connectivity index (χ3n) is 3.75. The maximum absolute atomic E-state index is 12.3. The Morgan fingerprint density at radius 3 is 2.29 bits per heavy atom. The standard InChI is InChI=1S/C17H28N2O2/c1-7-19(8-2)17(20)13(6)21-16-9-12(5)15(18)10-14(16)11(3)4/h9-11,13H,7-8,18H2,1-6H3. The topological polar surface area (TPSA) is 55.6 Å². The minimum Gasteiger partial charge on any atom is -0.481 e. The first-order valence-electron chi connectivity index (χ1n) is 7.67. The number of nitrogens with zero attached hydrogens (tertiary/aromatic N) is 1. The van der Waals surface area contributed by atoms with Crippen LogP contribution in [0.25, 0.3) is 0 Å². The maximum atomic E-state index is 12.3. The van der Waals surface area contributed by atoms with Gasteiger partial charge in [-0.2, -0.15) is 0 Å². The molecule has 1 aromatic carbocycles. The van der Waals surface area contributed by atoms with E-state index >= 15 is 0 Å². The molecule has 118 valence electrons. The van der Waals surface area contributed by atoms with Crippen molar-refractivity contribution in [2.45, 2.75) is 53.6 Å². The predicted molar refractivity (Wildman–Crippen MR) is 87.7 cm³/mol. The van der Waals surface area contributed by atoms with Crippen molar-refractivity contribution in [1.29, 1.82) is 0 Å². The Kier molecular flexibility index (Phi) is 6.06. The number of ether oxygens (including phenoxy) is 1. The van der Waals surface area contributed by atoms with Crippen molar-refractivity contribution in [1.82, 2.24) is 4.90 Å². The monoisotopic (exact) mass is 292 g/mol. The molecule has 0 aliphatic heterocycles. The fraction of sp³-hybridized carbons (Fsp3) is 0.588. The van der Waals surface area contributed by atoms with Crippen LogP contribution in [0.5, 0.6) is 5.75 Å². The minimum absolute atomic E-state index is 0.0178. The van der Waals surface area contributed by atoms with E-state index in [4.69, 9.17) is 10.5 Å². The van der Waals surface area contributed by atoms with Crippen LogP contribution in [0.1, 0.15) is 51.7 Å². The van der Waals surface area contributed by atoms with Crippen molar-refractivity contribution in [2.75, 3.05) is 18.8 Å². The highest BCUT2D eigenvalue weighted by molar-refractivity contribution is 5.81. The number of hydrogen-bond acceptors (Lipinski definition) is 3. The number of amides is 1. The molecule has 1 rings (SSSR count). The normalized spacial score (nSPS) is 12.3. The van der Waals surface area contributed by atoms with Gasteiger partial charge in [0.15, 0.2) is 6.10 Å². The molecule has 0 saturated carbocycles. The van der Waals surface area contributed by atoms with Gasteiger partial charge < -0.3 is 15.4 Å². The molecule has 1 aromatic rings. The second-order valence-electron chi connectivity index (χ2n) is 5.67. The second kappa shape index (κ2) is 7.34. The summed E-state index contributed by atoms with van der Waals surface area (Å²) >= 11 is 0. The number of nitrogen functional groups attached to an aromatic ring is 1. The van der Waals surface area contributed by atoms with E-state index in [0.717, 1.165) is 22.6 Å². The molecule has 0 aliphatic rings. The van der Waals surface area contributed by atoms with E-state index in [-0.39, 0.29) is 5.91 Å². The first-order valence-corrected chi connectivity index (χ1v) is 7.67. The van der Waals surface area contributed by atoms with Crippen LogP contribution in [0.15, 0.2) is 12.1 Å². The SMILES string of the molecule is CCN(CC)C(=O)C(C)Oc1cc(C)c(N)cc1C(C)C. The zero-order valence-corrected chi connectivity index (χ0v) is 14.1. The predicted octanol–water partition coefficient (Wildman–Crippen LogP) is 3.34. The Balaban J connectivity index is 3.01. The number of benzene rings is 1. The van der Waals surface area contributed by atoms with Crippen LogP contribution in [0, 0.1) is 6.92 Å². The Bertz CT molecular complexity index is 494. The Labute approximate surface area is 128 Å². The molecule has 0 spiro atoms. The van der Waals surface area contributed by atoms with Crippen molar-refractivity contribution < 1.29 is 9.53 Å². The molecular weight excluding hydrogens is 264 g/mol.